The molecule has 0 heterocycles. The van der Waals surface area contributed by atoms with Crippen LogP contribution >= 0.6 is 0 Å². The Morgan fingerprint density at radius 1 is 0.897 bits per heavy atom. The second kappa shape index (κ2) is 8.89. The summed E-state index contributed by atoms with van der Waals surface area (Å²) < 4.78 is 27.9. The summed E-state index contributed by atoms with van der Waals surface area (Å²) in [6.45, 7) is 4.01. The van der Waals surface area contributed by atoms with Crippen LogP contribution in [0.4, 0.5) is 5.69 Å². The topological polar surface area (TPSA) is 84.5 Å². The number of benzene rings is 3. The van der Waals surface area contributed by atoms with Crippen LogP contribution in [0.25, 0.3) is 0 Å². The van der Waals surface area contributed by atoms with E-state index in [1.54, 1.807) is 12.1 Å². The summed E-state index contributed by atoms with van der Waals surface area (Å²) in [5.41, 5.74) is 5.96. The number of hydrogen-bond donors (Lipinski definition) is 2. The second-order valence-corrected chi connectivity index (χ2v) is 8.27. The van der Waals surface area contributed by atoms with Gasteiger partial charge in [-0.15, -0.1) is 0 Å². The minimum atomic E-state index is -3.76. The maximum absolute atomic E-state index is 12.6. The predicted octanol–water partition coefficient (Wildman–Crippen LogP) is 3.97. The molecule has 0 spiro atoms. The molecule has 0 saturated heterocycles. The summed E-state index contributed by atoms with van der Waals surface area (Å²) >= 11 is 0. The second-order valence-electron chi connectivity index (χ2n) is 6.58. The number of hydroxylamine groups is 1. The van der Waals surface area contributed by atoms with E-state index in [9.17, 15) is 13.2 Å². The normalized spacial score (nSPS) is 11.1. The molecule has 0 atom stereocenters. The van der Waals surface area contributed by atoms with Gasteiger partial charge in [0.25, 0.3) is 15.9 Å². The van der Waals surface area contributed by atoms with Crippen LogP contribution in [-0.4, -0.2) is 14.3 Å². The van der Waals surface area contributed by atoms with Crippen molar-refractivity contribution in [1.29, 1.82) is 0 Å². The van der Waals surface area contributed by atoms with Gasteiger partial charge in [0.15, 0.2) is 0 Å². The lowest BCUT2D eigenvalue weighted by Gasteiger charge is -2.12. The summed E-state index contributed by atoms with van der Waals surface area (Å²) in [6.07, 6.45) is 0. The lowest BCUT2D eigenvalue weighted by molar-refractivity contribution is 0.0233. The van der Waals surface area contributed by atoms with Crippen LogP contribution in [-0.2, 0) is 21.5 Å². The first-order valence-electron chi connectivity index (χ1n) is 9.02. The summed E-state index contributed by atoms with van der Waals surface area (Å²) in [4.78, 5) is 17.4. The number of amides is 1. The number of nitrogens with one attached hydrogen (secondary N) is 2. The number of sulfonamides is 1. The number of aryl methyl sites for hydroxylation is 1. The van der Waals surface area contributed by atoms with E-state index in [0.29, 0.717) is 11.3 Å². The standard InChI is InChI=1S/C22H22N2O4S/c1-16-7-6-10-21(17(16)2)24-29(26,27)20-13-11-19(12-14-20)22(25)23-28-15-18-8-4-3-5-9-18/h3-14,24H,15H2,1-2H3,(H,23,25). The Hall–Kier alpha value is -3.16. The first-order valence-corrected chi connectivity index (χ1v) is 10.5. The molecular formula is C22H22N2O4S. The number of hydrogen-bond acceptors (Lipinski definition) is 4. The van der Waals surface area contributed by atoms with Crippen molar-refractivity contribution in [2.24, 2.45) is 0 Å². The quantitative estimate of drug-likeness (QED) is 0.578. The van der Waals surface area contributed by atoms with Gasteiger partial charge < -0.3 is 0 Å². The first-order chi connectivity index (χ1) is 13.9. The highest BCUT2D eigenvalue weighted by Crippen LogP contribution is 2.22. The lowest BCUT2D eigenvalue weighted by Crippen LogP contribution is -2.23. The van der Waals surface area contributed by atoms with Crippen LogP contribution in [0, 0.1) is 13.8 Å². The van der Waals surface area contributed by atoms with Gasteiger partial charge in [0.1, 0.15) is 0 Å². The highest BCUT2D eigenvalue weighted by molar-refractivity contribution is 7.92. The zero-order valence-electron chi connectivity index (χ0n) is 16.2. The smallest absolute Gasteiger partial charge is 0.274 e. The molecule has 29 heavy (non-hydrogen) atoms. The SMILES string of the molecule is Cc1cccc(NS(=O)(=O)c2ccc(C(=O)NOCc3ccccc3)cc2)c1C. The highest BCUT2D eigenvalue weighted by atomic mass is 32.2. The fraction of sp³-hybridized carbons (Fsp3) is 0.136. The van der Waals surface area contributed by atoms with Crippen LogP contribution in [0.5, 0.6) is 0 Å². The number of rotatable bonds is 7. The average Bonchev–Trinajstić information content (AvgIpc) is 2.72. The van der Waals surface area contributed by atoms with Gasteiger partial charge in [-0.25, -0.2) is 13.9 Å². The molecule has 1 amide bonds. The maximum atomic E-state index is 12.6. The molecule has 150 valence electrons. The molecule has 0 aliphatic rings. The summed E-state index contributed by atoms with van der Waals surface area (Å²) in [7, 11) is -3.76. The van der Waals surface area contributed by atoms with Gasteiger partial charge in [-0.1, -0.05) is 42.5 Å². The Balaban J connectivity index is 1.64. The first kappa shape index (κ1) is 20.6. The van der Waals surface area contributed by atoms with Gasteiger partial charge in [-0.05, 0) is 60.9 Å². The van der Waals surface area contributed by atoms with E-state index < -0.39 is 15.9 Å². The number of carbonyl (C=O) groups excluding carboxylic acids is 1. The molecular weight excluding hydrogens is 388 g/mol. The van der Waals surface area contributed by atoms with Gasteiger partial charge in [0, 0.05) is 5.56 Å². The van der Waals surface area contributed by atoms with Gasteiger partial charge in [-0.3, -0.25) is 14.4 Å². The van der Waals surface area contributed by atoms with Gasteiger partial charge in [0.05, 0.1) is 17.2 Å². The van der Waals surface area contributed by atoms with Crippen molar-refractivity contribution in [2.75, 3.05) is 4.72 Å². The predicted molar refractivity (Wildman–Crippen MR) is 112 cm³/mol. The van der Waals surface area contributed by atoms with Crippen LogP contribution in [0.15, 0.2) is 77.7 Å². The van der Waals surface area contributed by atoms with Crippen molar-refractivity contribution < 1.29 is 18.0 Å². The molecule has 2 N–H and O–H groups in total. The van der Waals surface area contributed by atoms with E-state index in [1.807, 2.05) is 50.2 Å². The third-order valence-corrected chi connectivity index (χ3v) is 5.90. The highest BCUT2D eigenvalue weighted by Gasteiger charge is 2.16. The van der Waals surface area contributed by atoms with Crippen molar-refractivity contribution in [1.82, 2.24) is 5.48 Å². The van der Waals surface area contributed by atoms with Gasteiger partial charge in [-0.2, -0.15) is 0 Å². The fourth-order valence-electron chi connectivity index (χ4n) is 2.67. The zero-order valence-corrected chi connectivity index (χ0v) is 17.0. The van der Waals surface area contributed by atoms with Gasteiger partial charge in [0.2, 0.25) is 0 Å². The number of carbonyl (C=O) groups is 1. The Morgan fingerprint density at radius 3 is 2.28 bits per heavy atom. The van der Waals surface area contributed by atoms with Crippen LogP contribution < -0.4 is 10.2 Å². The molecule has 0 fully saturated rings. The molecule has 7 heteroatoms. The maximum Gasteiger partial charge on any atom is 0.274 e. The summed E-state index contributed by atoms with van der Waals surface area (Å²) in [5, 5.41) is 0. The van der Waals surface area contributed by atoms with E-state index >= 15 is 0 Å². The van der Waals surface area contributed by atoms with Crippen molar-refractivity contribution in [2.45, 2.75) is 25.3 Å². The van der Waals surface area contributed by atoms with E-state index in [-0.39, 0.29) is 11.5 Å². The van der Waals surface area contributed by atoms with Crippen molar-refractivity contribution in [3.8, 4) is 0 Å². The molecule has 0 radical (unpaired) electrons. The van der Waals surface area contributed by atoms with E-state index in [1.165, 1.54) is 24.3 Å². The van der Waals surface area contributed by atoms with Crippen LogP contribution in [0.1, 0.15) is 27.0 Å². The van der Waals surface area contributed by atoms with Gasteiger partial charge >= 0.3 is 0 Å². The van der Waals surface area contributed by atoms with Crippen molar-refractivity contribution >= 4 is 21.6 Å². The lowest BCUT2D eigenvalue weighted by atomic mass is 10.1. The molecule has 0 unspecified atom stereocenters. The zero-order chi connectivity index (χ0) is 20.9. The molecule has 6 nitrogen and oxygen atoms in total. The molecule has 3 rings (SSSR count). The fourth-order valence-corrected chi connectivity index (χ4v) is 3.79. The Bertz CT molecular complexity index is 1100. The molecule has 0 saturated carbocycles. The Kier molecular flexibility index (Phi) is 6.31. The van der Waals surface area contributed by atoms with E-state index in [0.717, 1.165) is 16.7 Å². The minimum absolute atomic E-state index is 0.0696. The molecule has 3 aromatic carbocycles. The Morgan fingerprint density at radius 2 is 1.59 bits per heavy atom. The summed E-state index contributed by atoms with van der Waals surface area (Å²) in [5.74, 6) is -0.452. The molecule has 0 aliphatic heterocycles. The monoisotopic (exact) mass is 410 g/mol. The van der Waals surface area contributed by atoms with Crippen LogP contribution in [0.3, 0.4) is 0 Å². The van der Waals surface area contributed by atoms with Crippen molar-refractivity contribution in [3.05, 3.63) is 95.1 Å². The average molecular weight is 410 g/mol. The largest absolute Gasteiger partial charge is 0.279 e. The molecule has 3 aromatic rings. The molecule has 0 bridgehead atoms. The van der Waals surface area contributed by atoms with Crippen molar-refractivity contribution in [3.63, 3.8) is 0 Å². The number of anilines is 1. The Labute approximate surface area is 170 Å². The molecule has 0 aliphatic carbocycles. The third kappa shape index (κ3) is 5.22. The van der Waals surface area contributed by atoms with E-state index in [4.69, 9.17) is 4.84 Å². The third-order valence-electron chi connectivity index (χ3n) is 4.52. The van der Waals surface area contributed by atoms with Crippen LogP contribution in [0.2, 0.25) is 0 Å². The molecule has 0 aromatic heterocycles. The minimum Gasteiger partial charge on any atom is -0.279 e. The summed E-state index contributed by atoms with van der Waals surface area (Å²) in [6, 6.07) is 20.5. The van der Waals surface area contributed by atoms with E-state index in [2.05, 4.69) is 10.2 Å².